The van der Waals surface area contributed by atoms with Gasteiger partial charge < -0.3 is 19.5 Å². The quantitative estimate of drug-likeness (QED) is 0.124. The highest BCUT2D eigenvalue weighted by Gasteiger charge is 2.28. The van der Waals surface area contributed by atoms with Crippen molar-refractivity contribution >= 4 is 50.3 Å². The molecule has 4 aromatic carbocycles. The number of ether oxygens (including phenoxy) is 2. The van der Waals surface area contributed by atoms with Crippen LogP contribution in [0.3, 0.4) is 0 Å². The van der Waals surface area contributed by atoms with Crippen LogP contribution in [-0.4, -0.2) is 45.1 Å². The molecule has 0 spiro atoms. The number of hydrogen-bond acceptors (Lipinski definition) is 9. The minimum absolute atomic E-state index is 0.0844. The molecule has 0 radical (unpaired) electrons. The van der Waals surface area contributed by atoms with Crippen molar-refractivity contribution < 1.29 is 29.0 Å². The fourth-order valence-corrected chi connectivity index (χ4v) is 7.54. The number of nitrogens with zero attached hydrogens (tertiary/aromatic N) is 3. The van der Waals surface area contributed by atoms with Crippen LogP contribution in [0.4, 0.5) is 10.9 Å². The Morgan fingerprint density at radius 3 is 2.40 bits per heavy atom. The topological polar surface area (TPSA) is 131 Å². The smallest absolute Gasteiger partial charge is 0.358 e. The lowest BCUT2D eigenvalue weighted by Crippen LogP contribution is -2.33. The lowest BCUT2D eigenvalue weighted by molar-refractivity contribution is -0.136. The summed E-state index contributed by atoms with van der Waals surface area (Å²) in [6, 6.07) is 30.9. The van der Waals surface area contributed by atoms with E-state index in [9.17, 15) is 14.4 Å². The zero-order valence-corrected chi connectivity index (χ0v) is 32.0. The lowest BCUT2D eigenvalue weighted by Gasteiger charge is -2.31. The van der Waals surface area contributed by atoms with Crippen LogP contribution in [0.25, 0.3) is 21.3 Å². The zero-order chi connectivity index (χ0) is 38.7. The van der Waals surface area contributed by atoms with Gasteiger partial charge in [0.15, 0.2) is 10.8 Å². The van der Waals surface area contributed by atoms with Gasteiger partial charge in [-0.15, -0.1) is 0 Å². The Balaban J connectivity index is 1.14. The Bertz CT molecular complexity index is 2370. The number of pyridine rings is 1. The summed E-state index contributed by atoms with van der Waals surface area (Å²) in [4.78, 5) is 50.1. The SMILES string of the molecule is Cc1c(OCc2ccc(CCC(=O)O)cc2)cccc1-c1ccc(N2CCc3cccc(C(=O)Nc4nc5ccccc5s4)c3C2)nc1C(=O)OC(C)(C)C. The van der Waals surface area contributed by atoms with Crippen molar-refractivity contribution in [3.63, 3.8) is 0 Å². The number of aliphatic carboxylic acids is 1. The summed E-state index contributed by atoms with van der Waals surface area (Å²) in [5, 5.41) is 12.5. The first kappa shape index (κ1) is 37.3. The van der Waals surface area contributed by atoms with Gasteiger partial charge in [-0.25, -0.2) is 14.8 Å². The molecule has 1 aliphatic rings. The third-order valence-corrected chi connectivity index (χ3v) is 10.4. The number of fused-ring (bicyclic) bond motifs is 2. The molecule has 2 aromatic heterocycles. The number of amides is 1. The van der Waals surface area contributed by atoms with Crippen molar-refractivity contribution in [2.24, 2.45) is 0 Å². The van der Waals surface area contributed by atoms with E-state index in [-0.39, 0.29) is 18.0 Å². The number of benzene rings is 4. The number of esters is 1. The van der Waals surface area contributed by atoms with Crippen LogP contribution in [0, 0.1) is 6.92 Å². The summed E-state index contributed by atoms with van der Waals surface area (Å²) in [6.07, 6.45) is 1.26. The van der Waals surface area contributed by atoms with E-state index in [1.807, 2.05) is 119 Å². The molecule has 6 aromatic rings. The van der Waals surface area contributed by atoms with E-state index in [1.165, 1.54) is 11.3 Å². The maximum atomic E-state index is 13.9. The number of aromatic nitrogens is 2. The van der Waals surface area contributed by atoms with Crippen LogP contribution in [0.15, 0.2) is 97.1 Å². The lowest BCUT2D eigenvalue weighted by atomic mass is 9.94. The first-order valence-electron chi connectivity index (χ1n) is 18.2. The molecule has 0 bridgehead atoms. The Morgan fingerprint density at radius 2 is 1.64 bits per heavy atom. The Kier molecular flexibility index (Phi) is 10.7. The highest BCUT2D eigenvalue weighted by Crippen LogP contribution is 2.35. The van der Waals surface area contributed by atoms with Gasteiger partial charge in [0.05, 0.1) is 10.2 Å². The number of rotatable bonds is 11. The number of aryl methyl sites for hydroxylation is 1. The van der Waals surface area contributed by atoms with Crippen LogP contribution >= 0.6 is 11.3 Å². The van der Waals surface area contributed by atoms with E-state index in [4.69, 9.17) is 19.6 Å². The predicted molar refractivity (Wildman–Crippen MR) is 215 cm³/mol. The van der Waals surface area contributed by atoms with Gasteiger partial charge in [-0.05, 0) is 110 Å². The molecule has 280 valence electrons. The number of carbonyl (C=O) groups is 3. The average Bonchev–Trinajstić information content (AvgIpc) is 3.58. The highest BCUT2D eigenvalue weighted by molar-refractivity contribution is 7.22. The third-order valence-electron chi connectivity index (χ3n) is 9.45. The number of carboxylic acid groups (broad SMARTS) is 1. The second-order valence-corrected chi connectivity index (χ2v) is 15.6. The molecule has 0 saturated carbocycles. The number of para-hydroxylation sites is 1. The Morgan fingerprint density at radius 1 is 0.873 bits per heavy atom. The molecular formula is C44H42N4O6S. The van der Waals surface area contributed by atoms with Gasteiger partial charge in [-0.3, -0.25) is 14.9 Å². The van der Waals surface area contributed by atoms with E-state index >= 15 is 0 Å². The number of nitrogens with one attached hydrogen (secondary N) is 1. The minimum Gasteiger partial charge on any atom is -0.489 e. The number of thiazole rings is 1. The molecule has 0 atom stereocenters. The van der Waals surface area contributed by atoms with Crippen LogP contribution in [0.5, 0.6) is 5.75 Å². The number of carboxylic acids is 1. The fourth-order valence-electron chi connectivity index (χ4n) is 6.68. The molecule has 2 N–H and O–H groups in total. The van der Waals surface area contributed by atoms with Gasteiger partial charge >= 0.3 is 11.9 Å². The van der Waals surface area contributed by atoms with Gasteiger partial charge in [-0.2, -0.15) is 0 Å². The van der Waals surface area contributed by atoms with Crippen molar-refractivity contribution in [3.8, 4) is 16.9 Å². The third kappa shape index (κ3) is 8.68. The molecule has 0 aliphatic carbocycles. The van der Waals surface area contributed by atoms with Crippen LogP contribution in [0.2, 0.25) is 0 Å². The molecule has 0 unspecified atom stereocenters. The van der Waals surface area contributed by atoms with Crippen molar-refractivity contribution in [2.75, 3.05) is 16.8 Å². The Labute approximate surface area is 323 Å². The summed E-state index contributed by atoms with van der Waals surface area (Å²) in [7, 11) is 0. The van der Waals surface area contributed by atoms with Gasteiger partial charge in [-0.1, -0.05) is 72.0 Å². The van der Waals surface area contributed by atoms with Crippen LogP contribution in [-0.2, 0) is 35.5 Å². The van der Waals surface area contributed by atoms with E-state index < -0.39 is 17.5 Å². The maximum Gasteiger partial charge on any atom is 0.358 e. The van der Waals surface area contributed by atoms with Gasteiger partial charge in [0.25, 0.3) is 5.91 Å². The second-order valence-electron chi connectivity index (χ2n) is 14.6. The summed E-state index contributed by atoms with van der Waals surface area (Å²) < 4.78 is 13.2. The number of carbonyl (C=O) groups excluding carboxylic acids is 2. The predicted octanol–water partition coefficient (Wildman–Crippen LogP) is 9.03. The van der Waals surface area contributed by atoms with Crippen molar-refractivity contribution in [3.05, 3.63) is 136 Å². The molecule has 55 heavy (non-hydrogen) atoms. The molecule has 7 rings (SSSR count). The summed E-state index contributed by atoms with van der Waals surface area (Å²) in [5.41, 5.74) is 7.03. The van der Waals surface area contributed by atoms with Gasteiger partial charge in [0.2, 0.25) is 0 Å². The van der Waals surface area contributed by atoms with E-state index in [2.05, 4.69) is 21.3 Å². The Hall–Kier alpha value is -6.07. The fraction of sp³-hybridized carbons (Fsp3) is 0.250. The van der Waals surface area contributed by atoms with Crippen LogP contribution in [0.1, 0.15) is 75.9 Å². The largest absolute Gasteiger partial charge is 0.489 e. The first-order chi connectivity index (χ1) is 26.4. The first-order valence-corrected chi connectivity index (χ1v) is 19.0. The molecule has 1 amide bonds. The molecule has 1 aliphatic heterocycles. The molecule has 11 heteroatoms. The van der Waals surface area contributed by atoms with E-state index in [0.717, 1.165) is 43.6 Å². The highest BCUT2D eigenvalue weighted by atomic mass is 32.1. The minimum atomic E-state index is -0.822. The van der Waals surface area contributed by atoms with Crippen LogP contribution < -0.4 is 15.0 Å². The zero-order valence-electron chi connectivity index (χ0n) is 31.2. The number of hydrogen-bond donors (Lipinski definition) is 2. The van der Waals surface area contributed by atoms with Gasteiger partial charge in [0, 0.05) is 30.6 Å². The number of anilines is 2. The summed E-state index contributed by atoms with van der Waals surface area (Å²) in [5.74, 6) is -0.311. The van der Waals surface area contributed by atoms with Crippen molar-refractivity contribution in [2.45, 2.75) is 65.7 Å². The van der Waals surface area contributed by atoms with E-state index in [0.29, 0.717) is 60.4 Å². The average molecular weight is 755 g/mol. The maximum absolute atomic E-state index is 13.9. The standard InChI is InChI=1S/C44H42N4O6S/c1-27-31(10-8-13-36(27)53-26-29-17-15-28(16-18-29)19-22-39(49)50)32-20-21-38(46-40(32)42(52)54-44(2,3)4)48-24-23-30-9-7-11-33(34(30)25-48)41(51)47-43-45-35-12-5-6-14-37(35)55-43/h5-18,20-21H,19,22-26H2,1-4H3,(H,49,50)(H,45,47,51). The van der Waals surface area contributed by atoms with Crippen molar-refractivity contribution in [1.29, 1.82) is 0 Å². The van der Waals surface area contributed by atoms with E-state index in [1.54, 1.807) is 0 Å². The molecular weight excluding hydrogens is 713 g/mol. The van der Waals surface area contributed by atoms with Gasteiger partial charge in [0.1, 0.15) is 23.8 Å². The molecule has 3 heterocycles. The summed E-state index contributed by atoms with van der Waals surface area (Å²) in [6.45, 7) is 8.84. The second kappa shape index (κ2) is 15.7. The normalized spacial score (nSPS) is 12.6. The summed E-state index contributed by atoms with van der Waals surface area (Å²) >= 11 is 1.44. The monoisotopic (exact) mass is 754 g/mol. The molecule has 0 saturated heterocycles. The van der Waals surface area contributed by atoms with Crippen molar-refractivity contribution in [1.82, 2.24) is 9.97 Å². The molecule has 10 nitrogen and oxygen atoms in total. The molecule has 0 fully saturated rings.